The molecule has 0 aliphatic heterocycles. The van der Waals surface area contributed by atoms with Crippen LogP contribution in [0.5, 0.6) is 0 Å². The van der Waals surface area contributed by atoms with Crippen LogP contribution in [-0.4, -0.2) is 4.98 Å². The van der Waals surface area contributed by atoms with E-state index in [9.17, 15) is 4.79 Å². The van der Waals surface area contributed by atoms with Crippen LogP contribution in [0.3, 0.4) is 0 Å². The maximum atomic E-state index is 11.0. The van der Waals surface area contributed by atoms with E-state index in [4.69, 9.17) is 9.68 Å². The molecule has 1 aliphatic rings. The monoisotopic (exact) mass is 214 g/mol. The van der Waals surface area contributed by atoms with Gasteiger partial charge in [-0.05, 0) is 24.1 Å². The summed E-state index contributed by atoms with van der Waals surface area (Å²) in [6.07, 6.45) is 0.886. The number of rotatable bonds is 1. The maximum absolute atomic E-state index is 11.0. The van der Waals surface area contributed by atoms with Crippen molar-refractivity contribution in [1.82, 2.24) is 4.98 Å². The summed E-state index contributed by atoms with van der Waals surface area (Å²) < 4.78 is 4.93. The van der Waals surface area contributed by atoms with Crippen molar-refractivity contribution in [3.8, 4) is 6.07 Å². The summed E-state index contributed by atoms with van der Waals surface area (Å²) in [6.45, 7) is 2.07. The third-order valence-electron chi connectivity index (χ3n) is 3.47. The van der Waals surface area contributed by atoms with Crippen LogP contribution in [0.2, 0.25) is 0 Å². The van der Waals surface area contributed by atoms with Crippen LogP contribution in [0, 0.1) is 17.2 Å². The van der Waals surface area contributed by atoms with Crippen LogP contribution >= 0.6 is 0 Å². The zero-order valence-corrected chi connectivity index (χ0v) is 8.78. The number of nitriles is 1. The molecule has 1 N–H and O–H groups in total. The predicted octanol–water partition coefficient (Wildman–Crippen LogP) is 1.92. The van der Waals surface area contributed by atoms with Crippen LogP contribution in [0.15, 0.2) is 27.4 Å². The zero-order chi connectivity index (χ0) is 11.3. The van der Waals surface area contributed by atoms with Gasteiger partial charge in [-0.3, -0.25) is 4.98 Å². The molecule has 0 bridgehead atoms. The van der Waals surface area contributed by atoms with Crippen molar-refractivity contribution in [3.63, 3.8) is 0 Å². The van der Waals surface area contributed by atoms with Gasteiger partial charge in [0.1, 0.15) is 0 Å². The Morgan fingerprint density at radius 1 is 1.62 bits per heavy atom. The molecule has 16 heavy (non-hydrogen) atoms. The van der Waals surface area contributed by atoms with Crippen molar-refractivity contribution in [2.24, 2.45) is 5.92 Å². The lowest BCUT2D eigenvalue weighted by molar-refractivity contribution is 0.555. The fourth-order valence-electron chi connectivity index (χ4n) is 2.18. The third-order valence-corrected chi connectivity index (χ3v) is 3.47. The number of oxazole rings is 1. The molecule has 1 fully saturated rings. The molecule has 0 amide bonds. The Kier molecular flexibility index (Phi) is 1.59. The molecule has 4 nitrogen and oxygen atoms in total. The lowest BCUT2D eigenvalue weighted by Crippen LogP contribution is -2.03. The maximum Gasteiger partial charge on any atom is 0.417 e. The molecule has 4 heteroatoms. The fraction of sp³-hybridized carbons (Fsp3) is 0.333. The molecule has 1 aliphatic carbocycles. The van der Waals surface area contributed by atoms with Crippen molar-refractivity contribution in [3.05, 3.63) is 34.3 Å². The highest BCUT2D eigenvalue weighted by atomic mass is 16.4. The zero-order valence-electron chi connectivity index (χ0n) is 8.78. The molecule has 2 aromatic rings. The number of hydrogen-bond acceptors (Lipinski definition) is 3. The topological polar surface area (TPSA) is 69.8 Å². The number of nitrogens with one attached hydrogen (secondary N) is 1. The van der Waals surface area contributed by atoms with Gasteiger partial charge in [0.25, 0.3) is 0 Å². The number of nitrogens with zero attached hydrogens (tertiary/aromatic N) is 1. The lowest BCUT2D eigenvalue weighted by atomic mass is 9.95. The Labute approximate surface area is 91.5 Å². The summed E-state index contributed by atoms with van der Waals surface area (Å²) in [5, 5.41) is 8.89. The Bertz CT molecular complexity index is 661. The summed E-state index contributed by atoms with van der Waals surface area (Å²) in [5.41, 5.74) is 2.29. The standard InChI is InChI=1S/C12H10N2O2/c1-12(5-8(12)6-13)7-2-3-10-9(4-7)14-11(15)16-10/h2-4,8H,5H2,1H3,(H,14,15). The molecule has 2 unspecified atom stereocenters. The van der Waals surface area contributed by atoms with E-state index in [-0.39, 0.29) is 11.3 Å². The van der Waals surface area contributed by atoms with Crippen LogP contribution in [-0.2, 0) is 5.41 Å². The molecule has 1 saturated carbocycles. The van der Waals surface area contributed by atoms with Gasteiger partial charge in [-0.1, -0.05) is 13.0 Å². The SMILES string of the molecule is CC1(c2ccc3oc(=O)[nH]c3c2)CC1C#N. The van der Waals surface area contributed by atoms with Crippen molar-refractivity contribution >= 4 is 11.1 Å². The summed E-state index contributed by atoms with van der Waals surface area (Å²) >= 11 is 0. The number of aromatic nitrogens is 1. The Hall–Kier alpha value is -2.02. The third kappa shape index (κ3) is 1.12. The normalized spacial score (nSPS) is 27.9. The first-order valence-corrected chi connectivity index (χ1v) is 5.16. The molecule has 1 aromatic heterocycles. The smallest absolute Gasteiger partial charge is 0.408 e. The number of benzene rings is 1. The van der Waals surface area contributed by atoms with Gasteiger partial charge in [-0.25, -0.2) is 4.79 Å². The van der Waals surface area contributed by atoms with Gasteiger partial charge in [0.05, 0.1) is 17.5 Å². The van der Waals surface area contributed by atoms with Crippen molar-refractivity contribution < 1.29 is 4.42 Å². The first-order valence-electron chi connectivity index (χ1n) is 5.16. The summed E-state index contributed by atoms with van der Waals surface area (Å²) in [4.78, 5) is 13.6. The molecule has 2 atom stereocenters. The fourth-order valence-corrected chi connectivity index (χ4v) is 2.18. The summed E-state index contributed by atoms with van der Waals surface area (Å²) in [7, 11) is 0. The number of aromatic amines is 1. The van der Waals surface area contributed by atoms with Gasteiger partial charge in [0, 0.05) is 5.41 Å². The van der Waals surface area contributed by atoms with Crippen LogP contribution in [0.1, 0.15) is 18.9 Å². The Balaban J connectivity index is 2.13. The van der Waals surface area contributed by atoms with Crippen LogP contribution in [0.25, 0.3) is 11.1 Å². The van der Waals surface area contributed by atoms with Gasteiger partial charge < -0.3 is 4.42 Å². The van der Waals surface area contributed by atoms with E-state index in [0.29, 0.717) is 11.1 Å². The average Bonchev–Trinajstić information content (AvgIpc) is 2.80. The van der Waals surface area contributed by atoms with Crippen molar-refractivity contribution in [2.75, 3.05) is 0 Å². The quantitative estimate of drug-likeness (QED) is 0.788. The van der Waals surface area contributed by atoms with Gasteiger partial charge in [-0.2, -0.15) is 5.26 Å². The van der Waals surface area contributed by atoms with E-state index in [2.05, 4.69) is 18.0 Å². The number of fused-ring (bicyclic) bond motifs is 1. The van der Waals surface area contributed by atoms with E-state index < -0.39 is 5.76 Å². The highest BCUT2D eigenvalue weighted by Crippen LogP contribution is 2.53. The molecule has 0 radical (unpaired) electrons. The van der Waals surface area contributed by atoms with Gasteiger partial charge >= 0.3 is 5.76 Å². The second-order valence-electron chi connectivity index (χ2n) is 4.53. The number of H-pyrrole nitrogens is 1. The average molecular weight is 214 g/mol. The molecular weight excluding hydrogens is 204 g/mol. The van der Waals surface area contributed by atoms with E-state index >= 15 is 0 Å². The lowest BCUT2D eigenvalue weighted by Gasteiger charge is -2.08. The van der Waals surface area contributed by atoms with Crippen LogP contribution < -0.4 is 5.76 Å². The molecule has 0 spiro atoms. The molecule has 1 heterocycles. The largest absolute Gasteiger partial charge is 0.417 e. The van der Waals surface area contributed by atoms with E-state index in [1.54, 1.807) is 6.07 Å². The van der Waals surface area contributed by atoms with E-state index in [1.807, 2.05) is 12.1 Å². The highest BCUT2D eigenvalue weighted by molar-refractivity contribution is 5.73. The molecule has 1 aromatic carbocycles. The minimum absolute atomic E-state index is 0.0584. The Morgan fingerprint density at radius 3 is 3.12 bits per heavy atom. The first-order chi connectivity index (χ1) is 7.63. The highest BCUT2D eigenvalue weighted by Gasteiger charge is 2.51. The second-order valence-corrected chi connectivity index (χ2v) is 4.53. The van der Waals surface area contributed by atoms with E-state index in [1.165, 1.54) is 0 Å². The molecule has 3 rings (SSSR count). The molecule has 0 saturated heterocycles. The minimum atomic E-state index is -0.440. The minimum Gasteiger partial charge on any atom is -0.408 e. The van der Waals surface area contributed by atoms with Crippen molar-refractivity contribution in [1.29, 1.82) is 5.26 Å². The Morgan fingerprint density at radius 2 is 2.44 bits per heavy atom. The van der Waals surface area contributed by atoms with E-state index in [0.717, 1.165) is 12.0 Å². The van der Waals surface area contributed by atoms with Crippen LogP contribution in [0.4, 0.5) is 0 Å². The van der Waals surface area contributed by atoms with Gasteiger partial charge in [0.15, 0.2) is 5.58 Å². The van der Waals surface area contributed by atoms with Gasteiger partial charge in [-0.15, -0.1) is 0 Å². The van der Waals surface area contributed by atoms with Crippen molar-refractivity contribution in [2.45, 2.75) is 18.8 Å². The number of hydrogen-bond donors (Lipinski definition) is 1. The second kappa shape index (κ2) is 2.76. The summed E-state index contributed by atoms with van der Waals surface area (Å²) in [6, 6.07) is 7.89. The first kappa shape index (κ1) is 9.22. The molecular formula is C12H10N2O2. The van der Waals surface area contributed by atoms with Gasteiger partial charge in [0.2, 0.25) is 0 Å². The summed E-state index contributed by atoms with van der Waals surface area (Å²) in [5.74, 6) is -0.353. The molecule has 80 valence electrons. The predicted molar refractivity (Wildman–Crippen MR) is 57.9 cm³/mol.